The van der Waals surface area contributed by atoms with E-state index in [1.807, 2.05) is 6.92 Å². The summed E-state index contributed by atoms with van der Waals surface area (Å²) in [5.74, 6) is 0.000556. The Morgan fingerprint density at radius 1 is 1.50 bits per heavy atom. The van der Waals surface area contributed by atoms with Crippen molar-refractivity contribution in [3.63, 3.8) is 0 Å². The molecule has 0 saturated heterocycles. The van der Waals surface area contributed by atoms with Crippen molar-refractivity contribution in [3.05, 3.63) is 29.7 Å². The van der Waals surface area contributed by atoms with Gasteiger partial charge in [0.2, 0.25) is 0 Å². The average molecular weight is 184 g/mol. The first-order valence-electron chi connectivity index (χ1n) is 4.34. The Labute approximate surface area is 83.2 Å². The molecule has 2 radical (unpaired) electrons. The normalized spacial score (nSPS) is 10.7. The van der Waals surface area contributed by atoms with Crippen LogP contribution in [0.4, 0.5) is 0 Å². The Hall–Kier alpha value is -1.58. The molecular weight excluding hydrogens is 175 g/mol. The third kappa shape index (κ3) is 1.23. The lowest BCUT2D eigenvalue weighted by atomic mass is 9.99. The maximum absolute atomic E-state index is 11.4. The van der Waals surface area contributed by atoms with Crippen LogP contribution in [0.25, 0.3) is 5.65 Å². The number of carbonyl (C=O) groups is 1. The van der Waals surface area contributed by atoms with E-state index in [9.17, 15) is 4.79 Å². The molecule has 14 heavy (non-hydrogen) atoms. The Bertz CT molecular complexity index is 516. The van der Waals surface area contributed by atoms with E-state index in [4.69, 9.17) is 7.85 Å². The summed E-state index contributed by atoms with van der Waals surface area (Å²) >= 11 is 0. The molecule has 2 heterocycles. The van der Waals surface area contributed by atoms with Gasteiger partial charge in [-0.05, 0) is 13.0 Å². The summed E-state index contributed by atoms with van der Waals surface area (Å²) in [4.78, 5) is 15.6. The molecule has 2 aromatic heterocycles. The monoisotopic (exact) mass is 184 g/mol. The van der Waals surface area contributed by atoms with Crippen molar-refractivity contribution in [3.8, 4) is 0 Å². The van der Waals surface area contributed by atoms with E-state index in [2.05, 4.69) is 4.98 Å². The number of hydrogen-bond acceptors (Lipinski definition) is 2. The van der Waals surface area contributed by atoms with E-state index in [0.29, 0.717) is 11.2 Å². The van der Waals surface area contributed by atoms with Crippen molar-refractivity contribution in [1.82, 2.24) is 9.38 Å². The first kappa shape index (κ1) is 9.00. The highest BCUT2D eigenvalue weighted by molar-refractivity contribution is 6.32. The lowest BCUT2D eigenvalue weighted by molar-refractivity contribution is 0.101. The van der Waals surface area contributed by atoms with Crippen LogP contribution >= 0.6 is 0 Å². The molecule has 0 aromatic carbocycles. The Kier molecular flexibility index (Phi) is 1.91. The average Bonchev–Trinajstić information content (AvgIpc) is 2.40. The second-order valence-corrected chi connectivity index (χ2v) is 3.29. The maximum atomic E-state index is 11.4. The van der Waals surface area contributed by atoms with Crippen molar-refractivity contribution in [2.45, 2.75) is 13.8 Å². The largest absolute Gasteiger partial charge is 0.297 e. The zero-order valence-electron chi connectivity index (χ0n) is 8.11. The van der Waals surface area contributed by atoms with Gasteiger partial charge in [0.05, 0.1) is 5.69 Å². The molecule has 0 spiro atoms. The summed E-state index contributed by atoms with van der Waals surface area (Å²) in [6, 6.07) is 3.57. The number of pyridine rings is 1. The van der Waals surface area contributed by atoms with Crippen LogP contribution in [0.15, 0.2) is 18.3 Å². The van der Waals surface area contributed by atoms with Gasteiger partial charge in [-0.3, -0.25) is 9.20 Å². The summed E-state index contributed by atoms with van der Waals surface area (Å²) in [6.07, 6.45) is 1.71. The number of carbonyl (C=O) groups excluding carboxylic acids is 1. The maximum Gasteiger partial charge on any atom is 0.178 e. The molecule has 0 N–H and O–H groups in total. The molecule has 3 nitrogen and oxygen atoms in total. The summed E-state index contributed by atoms with van der Waals surface area (Å²) in [5.41, 5.74) is 2.72. The van der Waals surface area contributed by atoms with Gasteiger partial charge >= 0.3 is 0 Å². The summed E-state index contributed by atoms with van der Waals surface area (Å²) in [6.45, 7) is 3.35. The van der Waals surface area contributed by atoms with Crippen molar-refractivity contribution in [2.24, 2.45) is 0 Å². The van der Waals surface area contributed by atoms with Gasteiger partial charge in [-0.1, -0.05) is 11.5 Å². The molecule has 2 rings (SSSR count). The minimum Gasteiger partial charge on any atom is -0.297 e. The minimum absolute atomic E-state index is 0.000556. The lowest BCUT2D eigenvalue weighted by Crippen LogP contribution is -2.08. The van der Waals surface area contributed by atoms with Crippen LogP contribution in [-0.2, 0) is 0 Å². The van der Waals surface area contributed by atoms with E-state index in [1.165, 1.54) is 6.92 Å². The summed E-state index contributed by atoms with van der Waals surface area (Å²) < 4.78 is 1.73. The zero-order chi connectivity index (χ0) is 10.3. The second-order valence-electron chi connectivity index (χ2n) is 3.29. The van der Waals surface area contributed by atoms with Gasteiger partial charge < -0.3 is 0 Å². The number of nitrogens with zero attached hydrogens (tertiary/aromatic N) is 2. The lowest BCUT2D eigenvalue weighted by Gasteiger charge is -1.99. The van der Waals surface area contributed by atoms with Crippen LogP contribution < -0.4 is 5.46 Å². The Morgan fingerprint density at radius 3 is 2.86 bits per heavy atom. The van der Waals surface area contributed by atoms with E-state index in [-0.39, 0.29) is 5.78 Å². The van der Waals surface area contributed by atoms with Crippen LogP contribution in [0, 0.1) is 6.92 Å². The van der Waals surface area contributed by atoms with Crippen LogP contribution in [-0.4, -0.2) is 23.0 Å². The predicted molar refractivity (Wildman–Crippen MR) is 55.3 cm³/mol. The predicted octanol–water partition coefficient (Wildman–Crippen LogP) is 0.639. The number of Topliss-reactive ketones (excluding diaryl/α,β-unsaturated/α-hetero) is 1. The van der Waals surface area contributed by atoms with E-state index in [0.717, 1.165) is 11.3 Å². The van der Waals surface area contributed by atoms with Crippen LogP contribution in [0.5, 0.6) is 0 Å². The van der Waals surface area contributed by atoms with Gasteiger partial charge in [0.1, 0.15) is 19.2 Å². The van der Waals surface area contributed by atoms with E-state index >= 15 is 0 Å². The van der Waals surface area contributed by atoms with Gasteiger partial charge in [-0.25, -0.2) is 4.98 Å². The van der Waals surface area contributed by atoms with Gasteiger partial charge in [-0.15, -0.1) is 0 Å². The van der Waals surface area contributed by atoms with Gasteiger partial charge in [0.15, 0.2) is 5.78 Å². The molecule has 0 unspecified atom stereocenters. The minimum atomic E-state index is 0.000556. The Balaban J connectivity index is 2.86. The fourth-order valence-corrected chi connectivity index (χ4v) is 1.60. The van der Waals surface area contributed by atoms with Crippen LogP contribution in [0.1, 0.15) is 23.1 Å². The van der Waals surface area contributed by atoms with E-state index in [1.54, 1.807) is 22.7 Å². The van der Waals surface area contributed by atoms with Crippen molar-refractivity contribution < 1.29 is 4.79 Å². The molecule has 0 aliphatic carbocycles. The second kappa shape index (κ2) is 2.98. The number of aryl methyl sites for hydroxylation is 1. The summed E-state index contributed by atoms with van der Waals surface area (Å²) in [7, 11) is 5.64. The van der Waals surface area contributed by atoms with Crippen LogP contribution in [0.3, 0.4) is 0 Å². The number of fused-ring (bicyclic) bond motifs is 1. The highest BCUT2D eigenvalue weighted by Gasteiger charge is 2.11. The topological polar surface area (TPSA) is 34.4 Å². The molecule has 2 aromatic rings. The fourth-order valence-electron chi connectivity index (χ4n) is 1.60. The third-order valence-electron chi connectivity index (χ3n) is 2.15. The van der Waals surface area contributed by atoms with Crippen molar-refractivity contribution in [1.29, 1.82) is 0 Å². The smallest absolute Gasteiger partial charge is 0.178 e. The molecule has 4 heteroatoms. The number of rotatable bonds is 1. The summed E-state index contributed by atoms with van der Waals surface area (Å²) in [5, 5.41) is 0. The fraction of sp³-hybridized carbons (Fsp3) is 0.200. The standard InChI is InChI=1S/C10H9BN2O/c1-6-10(7(2)14)13-5-8(11)3-4-9(13)12-6/h3-5H,1-2H3. The molecule has 68 valence electrons. The molecule has 0 aliphatic heterocycles. The van der Waals surface area contributed by atoms with E-state index < -0.39 is 0 Å². The third-order valence-corrected chi connectivity index (χ3v) is 2.15. The molecule has 0 fully saturated rings. The highest BCUT2D eigenvalue weighted by Crippen LogP contribution is 2.10. The first-order chi connectivity index (χ1) is 6.59. The number of ketones is 1. The number of hydrogen-bond donors (Lipinski definition) is 0. The molecule has 0 amide bonds. The first-order valence-corrected chi connectivity index (χ1v) is 4.34. The SMILES string of the molecule is [B]c1ccc2nc(C)c(C(C)=O)n2c1. The van der Waals surface area contributed by atoms with Crippen LogP contribution in [0.2, 0.25) is 0 Å². The molecule has 0 aliphatic rings. The van der Waals surface area contributed by atoms with Crippen molar-refractivity contribution >= 4 is 24.7 Å². The van der Waals surface area contributed by atoms with Gasteiger partial charge in [0, 0.05) is 13.1 Å². The zero-order valence-corrected chi connectivity index (χ0v) is 8.11. The number of imidazole rings is 1. The molecule has 0 saturated carbocycles. The number of aromatic nitrogens is 2. The quantitative estimate of drug-likeness (QED) is 0.481. The van der Waals surface area contributed by atoms with Gasteiger partial charge in [-0.2, -0.15) is 0 Å². The van der Waals surface area contributed by atoms with Crippen molar-refractivity contribution in [2.75, 3.05) is 0 Å². The molecule has 0 bridgehead atoms. The molecule has 0 atom stereocenters. The van der Waals surface area contributed by atoms with Gasteiger partial charge in [0.25, 0.3) is 0 Å². The molecular formula is C10H9BN2O. The Morgan fingerprint density at radius 2 is 2.21 bits per heavy atom. The highest BCUT2D eigenvalue weighted by atomic mass is 16.1.